The second kappa shape index (κ2) is 6.81. The predicted molar refractivity (Wildman–Crippen MR) is 75.4 cm³/mol. The topological polar surface area (TPSA) is 61.6 Å². The molecule has 1 saturated heterocycles. The smallest absolute Gasteiger partial charge is 0.269 e. The Hall–Kier alpha value is -1.46. The van der Waals surface area contributed by atoms with E-state index in [1.165, 1.54) is 12.1 Å². The summed E-state index contributed by atoms with van der Waals surface area (Å²) in [6.45, 7) is 4.91. The van der Waals surface area contributed by atoms with Crippen molar-refractivity contribution >= 4 is 5.69 Å². The summed E-state index contributed by atoms with van der Waals surface area (Å²) < 4.78 is 11.7. The first-order valence-electron chi connectivity index (χ1n) is 7.17. The van der Waals surface area contributed by atoms with Crippen molar-refractivity contribution in [3.8, 4) is 0 Å². The van der Waals surface area contributed by atoms with Crippen molar-refractivity contribution in [1.82, 2.24) is 0 Å². The number of nitrogens with zero attached hydrogens (tertiary/aromatic N) is 1. The van der Waals surface area contributed by atoms with Crippen LogP contribution in [0.2, 0.25) is 0 Å². The summed E-state index contributed by atoms with van der Waals surface area (Å²) in [6, 6.07) is 6.48. The van der Waals surface area contributed by atoms with Crippen LogP contribution in [0.1, 0.15) is 45.0 Å². The molecular formula is C15H21NO4. The van der Waals surface area contributed by atoms with Crippen molar-refractivity contribution < 1.29 is 14.4 Å². The Morgan fingerprint density at radius 2 is 2.20 bits per heavy atom. The summed E-state index contributed by atoms with van der Waals surface area (Å²) in [7, 11) is 0. The van der Waals surface area contributed by atoms with Crippen LogP contribution in [0, 0.1) is 16.0 Å². The molecule has 20 heavy (non-hydrogen) atoms. The Kier molecular flexibility index (Phi) is 5.09. The van der Waals surface area contributed by atoms with E-state index in [2.05, 4.69) is 13.8 Å². The van der Waals surface area contributed by atoms with Crippen molar-refractivity contribution in [2.75, 3.05) is 6.61 Å². The normalized spacial score (nSPS) is 26.4. The van der Waals surface area contributed by atoms with E-state index in [0.29, 0.717) is 12.5 Å². The van der Waals surface area contributed by atoms with E-state index in [1.54, 1.807) is 6.07 Å². The van der Waals surface area contributed by atoms with Gasteiger partial charge in [-0.2, -0.15) is 0 Å². The molecule has 0 amide bonds. The van der Waals surface area contributed by atoms with Crippen molar-refractivity contribution in [3.05, 3.63) is 39.9 Å². The SMILES string of the molecule is CCC[C@H]1O[C@@H](c2cccc([N+](=O)[O-])c2)OC[C@@H]1CC. The maximum absolute atomic E-state index is 10.8. The highest BCUT2D eigenvalue weighted by Crippen LogP contribution is 2.33. The molecule has 0 spiro atoms. The van der Waals surface area contributed by atoms with E-state index >= 15 is 0 Å². The Morgan fingerprint density at radius 1 is 1.40 bits per heavy atom. The zero-order valence-electron chi connectivity index (χ0n) is 12.0. The molecule has 1 fully saturated rings. The molecule has 1 heterocycles. The Labute approximate surface area is 119 Å². The molecule has 0 aromatic heterocycles. The summed E-state index contributed by atoms with van der Waals surface area (Å²) in [5.41, 5.74) is 0.786. The third-order valence-corrected chi connectivity index (χ3v) is 3.74. The predicted octanol–water partition coefficient (Wildman–Crippen LogP) is 3.84. The zero-order valence-corrected chi connectivity index (χ0v) is 12.0. The van der Waals surface area contributed by atoms with Gasteiger partial charge in [0.25, 0.3) is 5.69 Å². The first-order valence-corrected chi connectivity index (χ1v) is 7.17. The molecule has 110 valence electrons. The van der Waals surface area contributed by atoms with Crippen molar-refractivity contribution in [2.45, 2.75) is 45.5 Å². The second-order valence-corrected chi connectivity index (χ2v) is 5.15. The molecule has 1 aromatic rings. The van der Waals surface area contributed by atoms with Crippen LogP contribution in [0.5, 0.6) is 0 Å². The lowest BCUT2D eigenvalue weighted by atomic mass is 9.95. The van der Waals surface area contributed by atoms with Crippen LogP contribution in [0.25, 0.3) is 0 Å². The Balaban J connectivity index is 2.13. The highest BCUT2D eigenvalue weighted by Gasteiger charge is 2.31. The molecule has 0 N–H and O–H groups in total. The molecule has 1 aromatic carbocycles. The molecule has 5 heteroatoms. The lowest BCUT2D eigenvalue weighted by Gasteiger charge is -2.36. The summed E-state index contributed by atoms with van der Waals surface area (Å²) in [6.07, 6.45) is 2.75. The third kappa shape index (κ3) is 3.35. The van der Waals surface area contributed by atoms with Crippen LogP contribution in [0.3, 0.4) is 0 Å². The lowest BCUT2D eigenvalue weighted by molar-refractivity contribution is -0.385. The van der Waals surface area contributed by atoms with E-state index in [4.69, 9.17) is 9.47 Å². The monoisotopic (exact) mass is 279 g/mol. The van der Waals surface area contributed by atoms with Crippen LogP contribution < -0.4 is 0 Å². The van der Waals surface area contributed by atoms with Crippen molar-refractivity contribution in [1.29, 1.82) is 0 Å². The molecular weight excluding hydrogens is 258 g/mol. The first-order chi connectivity index (χ1) is 9.65. The van der Waals surface area contributed by atoms with E-state index in [0.717, 1.165) is 24.8 Å². The molecule has 1 aliphatic rings. The fourth-order valence-electron chi connectivity index (χ4n) is 2.56. The minimum Gasteiger partial charge on any atom is -0.348 e. The van der Waals surface area contributed by atoms with Gasteiger partial charge in [-0.3, -0.25) is 10.1 Å². The highest BCUT2D eigenvalue weighted by molar-refractivity contribution is 5.34. The standard InChI is InChI=1S/C15H21NO4/c1-3-6-14-11(4-2)10-19-15(20-14)12-7-5-8-13(9-12)16(17)18/h5,7-9,11,14-15H,3-4,6,10H2,1-2H3/t11-,14+,15-/m0/s1. The van der Waals surface area contributed by atoms with Crippen molar-refractivity contribution in [2.24, 2.45) is 5.92 Å². The van der Waals surface area contributed by atoms with Gasteiger partial charge in [0, 0.05) is 23.6 Å². The Morgan fingerprint density at radius 3 is 2.85 bits per heavy atom. The largest absolute Gasteiger partial charge is 0.348 e. The van der Waals surface area contributed by atoms with Crippen LogP contribution in [0.4, 0.5) is 5.69 Å². The van der Waals surface area contributed by atoms with E-state index in [-0.39, 0.29) is 11.8 Å². The second-order valence-electron chi connectivity index (χ2n) is 5.15. The first kappa shape index (κ1) is 14.9. The van der Waals surface area contributed by atoms with Crippen LogP contribution in [-0.4, -0.2) is 17.6 Å². The number of ether oxygens (including phenoxy) is 2. The van der Waals surface area contributed by atoms with Gasteiger partial charge in [0.15, 0.2) is 6.29 Å². The van der Waals surface area contributed by atoms with Gasteiger partial charge >= 0.3 is 0 Å². The maximum atomic E-state index is 10.8. The van der Waals surface area contributed by atoms with E-state index < -0.39 is 11.2 Å². The number of hydrogen-bond donors (Lipinski definition) is 0. The summed E-state index contributed by atoms with van der Waals surface area (Å²) in [4.78, 5) is 10.4. The molecule has 0 bridgehead atoms. The molecule has 0 aliphatic carbocycles. The summed E-state index contributed by atoms with van der Waals surface area (Å²) in [5.74, 6) is 0.407. The number of nitro groups is 1. The minimum atomic E-state index is -0.491. The van der Waals surface area contributed by atoms with Gasteiger partial charge in [0.05, 0.1) is 17.6 Å². The average Bonchev–Trinajstić information content (AvgIpc) is 2.47. The summed E-state index contributed by atoms with van der Waals surface area (Å²) >= 11 is 0. The van der Waals surface area contributed by atoms with E-state index in [1.807, 2.05) is 6.07 Å². The van der Waals surface area contributed by atoms with Gasteiger partial charge in [0.1, 0.15) is 0 Å². The molecule has 3 atom stereocenters. The number of benzene rings is 1. The molecule has 0 unspecified atom stereocenters. The average molecular weight is 279 g/mol. The summed E-state index contributed by atoms with van der Waals surface area (Å²) in [5, 5.41) is 10.8. The number of non-ortho nitro benzene ring substituents is 1. The number of hydrogen-bond acceptors (Lipinski definition) is 4. The molecule has 1 aliphatic heterocycles. The van der Waals surface area contributed by atoms with Crippen LogP contribution in [0.15, 0.2) is 24.3 Å². The Bertz CT molecular complexity index is 463. The minimum absolute atomic E-state index is 0.0688. The lowest BCUT2D eigenvalue weighted by Crippen LogP contribution is -2.35. The van der Waals surface area contributed by atoms with Gasteiger partial charge in [-0.15, -0.1) is 0 Å². The van der Waals surface area contributed by atoms with Gasteiger partial charge in [0.2, 0.25) is 0 Å². The highest BCUT2D eigenvalue weighted by atomic mass is 16.7. The molecule has 2 rings (SSSR count). The zero-order chi connectivity index (χ0) is 14.5. The van der Waals surface area contributed by atoms with Crippen LogP contribution >= 0.6 is 0 Å². The number of rotatable bonds is 5. The number of nitro benzene ring substituents is 1. The van der Waals surface area contributed by atoms with Crippen LogP contribution in [-0.2, 0) is 9.47 Å². The van der Waals surface area contributed by atoms with Gasteiger partial charge in [-0.25, -0.2) is 0 Å². The van der Waals surface area contributed by atoms with Gasteiger partial charge < -0.3 is 9.47 Å². The fourth-order valence-corrected chi connectivity index (χ4v) is 2.56. The fraction of sp³-hybridized carbons (Fsp3) is 0.600. The third-order valence-electron chi connectivity index (χ3n) is 3.74. The maximum Gasteiger partial charge on any atom is 0.269 e. The van der Waals surface area contributed by atoms with Gasteiger partial charge in [-0.05, 0) is 12.8 Å². The molecule has 5 nitrogen and oxygen atoms in total. The van der Waals surface area contributed by atoms with Crippen molar-refractivity contribution in [3.63, 3.8) is 0 Å². The quantitative estimate of drug-likeness (QED) is 0.607. The van der Waals surface area contributed by atoms with Gasteiger partial charge in [-0.1, -0.05) is 32.4 Å². The molecule has 0 saturated carbocycles. The van der Waals surface area contributed by atoms with E-state index in [9.17, 15) is 10.1 Å². The molecule has 0 radical (unpaired) electrons.